The topological polar surface area (TPSA) is 83.6 Å². The van der Waals surface area contributed by atoms with E-state index in [0.29, 0.717) is 11.3 Å². The van der Waals surface area contributed by atoms with E-state index in [0.717, 1.165) is 22.2 Å². The lowest BCUT2D eigenvalue weighted by molar-refractivity contribution is 0.102. The van der Waals surface area contributed by atoms with E-state index in [1.54, 1.807) is 36.9 Å². The number of nitrogens with zero attached hydrogens (tertiary/aromatic N) is 3. The van der Waals surface area contributed by atoms with E-state index in [-0.39, 0.29) is 5.91 Å². The van der Waals surface area contributed by atoms with Gasteiger partial charge < -0.3 is 5.32 Å². The Hall–Kier alpha value is -3.80. The highest BCUT2D eigenvalue weighted by molar-refractivity contribution is 6.05. The summed E-state index contributed by atoms with van der Waals surface area (Å²) in [4.78, 5) is 20.3. The summed E-state index contributed by atoms with van der Waals surface area (Å²) in [5.41, 5.74) is 3.95. The summed E-state index contributed by atoms with van der Waals surface area (Å²) in [7, 11) is 0. The maximum absolute atomic E-state index is 12.3. The van der Waals surface area contributed by atoms with Crippen LogP contribution in [-0.4, -0.2) is 26.1 Å². The number of nitrogens with one attached hydrogen (secondary N) is 2. The molecule has 0 unspecified atom stereocenters. The van der Waals surface area contributed by atoms with Gasteiger partial charge in [-0.15, -0.1) is 0 Å². The Morgan fingerprint density at radius 1 is 1.00 bits per heavy atom. The summed E-state index contributed by atoms with van der Waals surface area (Å²) in [5.74, 6) is -0.178. The van der Waals surface area contributed by atoms with Gasteiger partial charge in [0.2, 0.25) is 0 Å². The number of rotatable bonds is 4. The molecule has 4 rings (SSSR count). The zero-order valence-corrected chi connectivity index (χ0v) is 13.8. The molecular formula is C20H15N5O. The van der Waals surface area contributed by atoms with Gasteiger partial charge in [0.15, 0.2) is 0 Å². The van der Waals surface area contributed by atoms with Crippen molar-refractivity contribution >= 4 is 34.6 Å². The fourth-order valence-corrected chi connectivity index (χ4v) is 2.60. The summed E-state index contributed by atoms with van der Waals surface area (Å²) in [5, 5.41) is 11.2. The largest absolute Gasteiger partial charge is 0.322 e. The SMILES string of the molecule is O=C(Nc1ccc2[nH]nc(/C=C/c3cccnc3)c2c1)c1ccncc1. The molecule has 126 valence electrons. The first kappa shape index (κ1) is 15.7. The number of aromatic nitrogens is 4. The zero-order valence-electron chi connectivity index (χ0n) is 13.8. The van der Waals surface area contributed by atoms with Gasteiger partial charge in [0.25, 0.3) is 5.91 Å². The normalized spacial score (nSPS) is 11.1. The third-order valence-electron chi connectivity index (χ3n) is 3.91. The zero-order chi connectivity index (χ0) is 17.8. The number of carbonyl (C=O) groups excluding carboxylic acids is 1. The Bertz CT molecular complexity index is 1070. The number of benzene rings is 1. The monoisotopic (exact) mass is 341 g/mol. The number of aromatic amines is 1. The third-order valence-corrected chi connectivity index (χ3v) is 3.91. The maximum Gasteiger partial charge on any atom is 0.255 e. The molecule has 6 heteroatoms. The van der Waals surface area contributed by atoms with Gasteiger partial charge in [0.05, 0.1) is 11.2 Å². The second-order valence-corrected chi connectivity index (χ2v) is 5.68. The van der Waals surface area contributed by atoms with Crippen LogP contribution >= 0.6 is 0 Å². The van der Waals surface area contributed by atoms with E-state index < -0.39 is 0 Å². The first-order chi connectivity index (χ1) is 12.8. The maximum atomic E-state index is 12.3. The van der Waals surface area contributed by atoms with Gasteiger partial charge in [-0.2, -0.15) is 5.10 Å². The number of pyridine rings is 2. The van der Waals surface area contributed by atoms with E-state index in [1.165, 1.54) is 0 Å². The predicted molar refractivity (Wildman–Crippen MR) is 101 cm³/mol. The van der Waals surface area contributed by atoms with Gasteiger partial charge in [-0.05, 0) is 48.0 Å². The minimum Gasteiger partial charge on any atom is -0.322 e. The Morgan fingerprint density at radius 2 is 1.88 bits per heavy atom. The summed E-state index contributed by atoms with van der Waals surface area (Å²) >= 11 is 0. The van der Waals surface area contributed by atoms with Crippen molar-refractivity contribution in [1.29, 1.82) is 0 Å². The van der Waals surface area contributed by atoms with Gasteiger partial charge in [-0.1, -0.05) is 12.1 Å². The number of H-pyrrole nitrogens is 1. The van der Waals surface area contributed by atoms with Crippen molar-refractivity contribution in [2.24, 2.45) is 0 Å². The molecule has 4 aromatic rings. The van der Waals surface area contributed by atoms with Crippen molar-refractivity contribution in [3.05, 3.63) is 84.1 Å². The van der Waals surface area contributed by atoms with Crippen molar-refractivity contribution in [1.82, 2.24) is 20.2 Å². The third kappa shape index (κ3) is 3.34. The molecule has 0 fully saturated rings. The number of hydrogen-bond donors (Lipinski definition) is 2. The van der Waals surface area contributed by atoms with Crippen LogP contribution in [0.3, 0.4) is 0 Å². The molecule has 1 aromatic carbocycles. The summed E-state index contributed by atoms with van der Waals surface area (Å²) in [6.07, 6.45) is 10.6. The lowest BCUT2D eigenvalue weighted by Gasteiger charge is -2.05. The fourth-order valence-electron chi connectivity index (χ4n) is 2.60. The van der Waals surface area contributed by atoms with Crippen molar-refractivity contribution in [3.63, 3.8) is 0 Å². The summed E-state index contributed by atoms with van der Waals surface area (Å²) in [6, 6.07) is 12.8. The van der Waals surface area contributed by atoms with Crippen molar-refractivity contribution in [3.8, 4) is 0 Å². The van der Waals surface area contributed by atoms with Crippen LogP contribution in [0.25, 0.3) is 23.1 Å². The second-order valence-electron chi connectivity index (χ2n) is 5.68. The first-order valence-corrected chi connectivity index (χ1v) is 8.07. The molecule has 0 bridgehead atoms. The van der Waals surface area contributed by atoms with Crippen LogP contribution in [0.2, 0.25) is 0 Å². The minimum absolute atomic E-state index is 0.178. The Balaban J connectivity index is 1.60. The molecule has 0 saturated heterocycles. The molecule has 3 aromatic heterocycles. The molecule has 2 N–H and O–H groups in total. The van der Waals surface area contributed by atoms with Crippen molar-refractivity contribution < 1.29 is 4.79 Å². The van der Waals surface area contributed by atoms with Crippen LogP contribution in [0.15, 0.2) is 67.3 Å². The number of fused-ring (bicyclic) bond motifs is 1. The van der Waals surface area contributed by atoms with Gasteiger partial charge in [-0.25, -0.2) is 0 Å². The van der Waals surface area contributed by atoms with Crippen LogP contribution in [0.4, 0.5) is 5.69 Å². The van der Waals surface area contributed by atoms with Gasteiger partial charge in [-0.3, -0.25) is 19.9 Å². The van der Waals surface area contributed by atoms with Gasteiger partial charge >= 0.3 is 0 Å². The molecule has 0 aliphatic rings. The molecule has 0 atom stereocenters. The lowest BCUT2D eigenvalue weighted by atomic mass is 10.1. The van der Waals surface area contributed by atoms with Crippen LogP contribution < -0.4 is 5.32 Å². The average molecular weight is 341 g/mol. The summed E-state index contributed by atoms with van der Waals surface area (Å²) < 4.78 is 0. The van der Waals surface area contributed by atoms with Crippen LogP contribution in [-0.2, 0) is 0 Å². The smallest absolute Gasteiger partial charge is 0.255 e. The Morgan fingerprint density at radius 3 is 2.69 bits per heavy atom. The molecule has 0 aliphatic heterocycles. The molecule has 6 nitrogen and oxygen atoms in total. The highest BCUT2D eigenvalue weighted by Crippen LogP contribution is 2.22. The lowest BCUT2D eigenvalue weighted by Crippen LogP contribution is -2.11. The Labute approximate surface area is 149 Å². The highest BCUT2D eigenvalue weighted by Gasteiger charge is 2.08. The number of anilines is 1. The van der Waals surface area contributed by atoms with E-state index in [9.17, 15) is 4.79 Å². The number of amides is 1. The first-order valence-electron chi connectivity index (χ1n) is 8.07. The van der Waals surface area contributed by atoms with E-state index in [4.69, 9.17) is 0 Å². The molecule has 0 spiro atoms. The van der Waals surface area contributed by atoms with Crippen molar-refractivity contribution in [2.75, 3.05) is 5.32 Å². The fraction of sp³-hybridized carbons (Fsp3) is 0. The molecular weight excluding hydrogens is 326 g/mol. The molecule has 3 heterocycles. The average Bonchev–Trinajstić information content (AvgIpc) is 3.10. The van der Waals surface area contributed by atoms with E-state index in [2.05, 4.69) is 25.5 Å². The number of carbonyl (C=O) groups is 1. The summed E-state index contributed by atoms with van der Waals surface area (Å²) in [6.45, 7) is 0. The number of hydrogen-bond acceptors (Lipinski definition) is 4. The van der Waals surface area contributed by atoms with E-state index in [1.807, 2.05) is 42.5 Å². The van der Waals surface area contributed by atoms with Crippen LogP contribution in [0, 0.1) is 0 Å². The molecule has 0 aliphatic carbocycles. The Kier molecular flexibility index (Phi) is 4.22. The second kappa shape index (κ2) is 6.98. The molecule has 0 radical (unpaired) electrons. The quantitative estimate of drug-likeness (QED) is 0.592. The molecule has 26 heavy (non-hydrogen) atoms. The minimum atomic E-state index is -0.178. The van der Waals surface area contributed by atoms with Crippen LogP contribution in [0.5, 0.6) is 0 Å². The highest BCUT2D eigenvalue weighted by atomic mass is 16.1. The van der Waals surface area contributed by atoms with Crippen LogP contribution in [0.1, 0.15) is 21.6 Å². The molecule has 0 saturated carbocycles. The van der Waals surface area contributed by atoms with Crippen molar-refractivity contribution in [2.45, 2.75) is 0 Å². The standard InChI is InChI=1S/C20H15N5O/c26-20(15-7-10-21-11-8-15)23-16-4-6-19-17(12-16)18(24-25-19)5-3-14-2-1-9-22-13-14/h1-13H,(H,23,26)(H,24,25)/b5-3+. The predicted octanol–water partition coefficient (Wildman–Crippen LogP) is 3.78. The van der Waals surface area contributed by atoms with Gasteiger partial charge in [0, 0.05) is 41.4 Å². The molecule has 1 amide bonds. The van der Waals surface area contributed by atoms with E-state index >= 15 is 0 Å². The van der Waals surface area contributed by atoms with Gasteiger partial charge in [0.1, 0.15) is 0 Å².